The fourth-order valence-electron chi connectivity index (χ4n) is 3.15. The van der Waals surface area contributed by atoms with Crippen molar-refractivity contribution in [1.82, 2.24) is 15.0 Å². The van der Waals surface area contributed by atoms with Crippen LogP contribution in [0.15, 0.2) is 0 Å². The molecule has 1 spiro atoms. The molecule has 2 atom stereocenters. The molecule has 116 valence electrons. The molecule has 2 aliphatic heterocycles. The summed E-state index contributed by atoms with van der Waals surface area (Å²) in [6, 6.07) is 0.191. The standard InChI is InChI=1S/C14H21N3O4/c1-3-20-13(18)12-10(2)17(16-15-12)11-4-6-21-14(8-11)5-7-19-9-14/h11H,3-9H2,1-2H3. The molecule has 0 amide bonds. The molecule has 0 saturated carbocycles. The molecule has 2 saturated heterocycles. The molecule has 7 heteroatoms. The van der Waals surface area contributed by atoms with Crippen LogP contribution in [-0.4, -0.2) is 53.0 Å². The minimum absolute atomic E-state index is 0.189. The Hall–Kier alpha value is -1.47. The predicted molar refractivity (Wildman–Crippen MR) is 73.1 cm³/mol. The van der Waals surface area contributed by atoms with Crippen LogP contribution in [0.2, 0.25) is 0 Å². The zero-order chi connectivity index (χ0) is 14.9. The van der Waals surface area contributed by atoms with Gasteiger partial charge in [-0.1, -0.05) is 5.21 Å². The van der Waals surface area contributed by atoms with E-state index in [2.05, 4.69) is 10.3 Å². The second-order valence-electron chi connectivity index (χ2n) is 5.67. The number of esters is 1. The molecule has 0 aromatic carbocycles. The highest BCUT2D eigenvalue weighted by Gasteiger charge is 2.42. The average Bonchev–Trinajstić information content (AvgIpc) is 3.06. The average molecular weight is 295 g/mol. The SMILES string of the molecule is CCOC(=O)c1nnn(C2CCOC3(CCOC3)C2)c1C. The molecule has 2 aliphatic rings. The number of aromatic nitrogens is 3. The zero-order valence-corrected chi connectivity index (χ0v) is 12.5. The van der Waals surface area contributed by atoms with Crippen LogP contribution in [0.1, 0.15) is 48.4 Å². The fraction of sp³-hybridized carbons (Fsp3) is 0.786. The molecule has 1 aromatic heterocycles. The second kappa shape index (κ2) is 5.73. The molecule has 0 aliphatic carbocycles. The Morgan fingerprint density at radius 3 is 3.10 bits per heavy atom. The van der Waals surface area contributed by atoms with E-state index in [4.69, 9.17) is 14.2 Å². The smallest absolute Gasteiger partial charge is 0.360 e. The molecule has 21 heavy (non-hydrogen) atoms. The molecule has 0 bridgehead atoms. The van der Waals surface area contributed by atoms with E-state index in [0.29, 0.717) is 25.5 Å². The lowest BCUT2D eigenvalue weighted by Crippen LogP contribution is -2.41. The van der Waals surface area contributed by atoms with Gasteiger partial charge in [0.2, 0.25) is 0 Å². The first-order chi connectivity index (χ1) is 10.2. The first-order valence-corrected chi connectivity index (χ1v) is 7.46. The van der Waals surface area contributed by atoms with Crippen LogP contribution >= 0.6 is 0 Å². The highest BCUT2D eigenvalue weighted by molar-refractivity contribution is 5.88. The number of rotatable bonds is 3. The van der Waals surface area contributed by atoms with E-state index in [1.165, 1.54) is 0 Å². The lowest BCUT2D eigenvalue weighted by molar-refractivity contribution is -0.0966. The first-order valence-electron chi connectivity index (χ1n) is 7.46. The van der Waals surface area contributed by atoms with E-state index in [-0.39, 0.29) is 11.6 Å². The summed E-state index contributed by atoms with van der Waals surface area (Å²) in [7, 11) is 0. The molecule has 3 heterocycles. The summed E-state index contributed by atoms with van der Waals surface area (Å²) in [5.74, 6) is -0.410. The first kappa shape index (κ1) is 14.5. The monoisotopic (exact) mass is 295 g/mol. The Balaban J connectivity index is 1.79. The number of carbonyl (C=O) groups is 1. The molecule has 0 radical (unpaired) electrons. The van der Waals surface area contributed by atoms with Gasteiger partial charge in [0.05, 0.1) is 30.6 Å². The van der Waals surface area contributed by atoms with Gasteiger partial charge in [-0.15, -0.1) is 5.10 Å². The van der Waals surface area contributed by atoms with E-state index < -0.39 is 5.97 Å². The molecular formula is C14H21N3O4. The Kier molecular flexibility index (Phi) is 3.95. The molecule has 3 rings (SSSR count). The van der Waals surface area contributed by atoms with E-state index in [9.17, 15) is 4.79 Å². The normalized spacial score (nSPS) is 29.0. The third-order valence-corrected chi connectivity index (χ3v) is 4.28. The van der Waals surface area contributed by atoms with Crippen molar-refractivity contribution in [3.05, 3.63) is 11.4 Å². The molecular weight excluding hydrogens is 274 g/mol. The Bertz CT molecular complexity index is 522. The topological polar surface area (TPSA) is 75.5 Å². The van der Waals surface area contributed by atoms with Gasteiger partial charge in [-0.05, 0) is 20.3 Å². The van der Waals surface area contributed by atoms with Crippen LogP contribution in [0.5, 0.6) is 0 Å². The molecule has 0 N–H and O–H groups in total. The number of ether oxygens (including phenoxy) is 3. The summed E-state index contributed by atoms with van der Waals surface area (Å²) < 4.78 is 18.3. The van der Waals surface area contributed by atoms with Crippen LogP contribution in [-0.2, 0) is 14.2 Å². The van der Waals surface area contributed by atoms with Gasteiger partial charge in [0.1, 0.15) is 0 Å². The maximum absolute atomic E-state index is 11.8. The van der Waals surface area contributed by atoms with Crippen LogP contribution in [0.3, 0.4) is 0 Å². The summed E-state index contributed by atoms with van der Waals surface area (Å²) in [4.78, 5) is 11.8. The minimum Gasteiger partial charge on any atom is -0.461 e. The Morgan fingerprint density at radius 1 is 1.52 bits per heavy atom. The number of hydrogen-bond donors (Lipinski definition) is 0. The summed E-state index contributed by atoms with van der Waals surface area (Å²) in [6.45, 7) is 6.05. The predicted octanol–water partition coefficient (Wildman–Crippen LogP) is 1.27. The van der Waals surface area contributed by atoms with Crippen molar-refractivity contribution in [3.8, 4) is 0 Å². The lowest BCUT2D eigenvalue weighted by atomic mass is 9.89. The molecule has 2 unspecified atom stereocenters. The van der Waals surface area contributed by atoms with Crippen molar-refractivity contribution in [1.29, 1.82) is 0 Å². The van der Waals surface area contributed by atoms with Crippen LogP contribution in [0, 0.1) is 6.92 Å². The molecule has 7 nitrogen and oxygen atoms in total. The van der Waals surface area contributed by atoms with E-state index in [1.807, 2.05) is 11.6 Å². The lowest BCUT2D eigenvalue weighted by Gasteiger charge is -2.37. The zero-order valence-electron chi connectivity index (χ0n) is 12.5. The summed E-state index contributed by atoms with van der Waals surface area (Å²) in [5.41, 5.74) is 0.875. The van der Waals surface area contributed by atoms with Gasteiger partial charge in [-0.25, -0.2) is 9.48 Å². The third kappa shape index (κ3) is 2.67. The number of hydrogen-bond acceptors (Lipinski definition) is 6. The van der Waals surface area contributed by atoms with Gasteiger partial charge in [0.15, 0.2) is 5.69 Å². The van der Waals surface area contributed by atoms with Crippen LogP contribution in [0.25, 0.3) is 0 Å². The van der Waals surface area contributed by atoms with Gasteiger partial charge >= 0.3 is 5.97 Å². The van der Waals surface area contributed by atoms with Gasteiger partial charge in [0.25, 0.3) is 0 Å². The Labute approximate surface area is 123 Å². The largest absolute Gasteiger partial charge is 0.461 e. The van der Waals surface area contributed by atoms with Crippen molar-refractivity contribution in [2.45, 2.75) is 44.8 Å². The summed E-state index contributed by atoms with van der Waals surface area (Å²) in [5, 5.41) is 8.16. The Morgan fingerprint density at radius 2 is 2.38 bits per heavy atom. The van der Waals surface area contributed by atoms with Gasteiger partial charge in [-0.2, -0.15) is 0 Å². The van der Waals surface area contributed by atoms with Crippen molar-refractivity contribution in [3.63, 3.8) is 0 Å². The second-order valence-corrected chi connectivity index (χ2v) is 5.67. The fourth-order valence-corrected chi connectivity index (χ4v) is 3.15. The minimum atomic E-state index is -0.410. The number of carbonyl (C=O) groups excluding carboxylic acids is 1. The van der Waals surface area contributed by atoms with Crippen molar-refractivity contribution >= 4 is 5.97 Å². The summed E-state index contributed by atoms with van der Waals surface area (Å²) >= 11 is 0. The molecule has 1 aromatic rings. The maximum atomic E-state index is 11.8. The maximum Gasteiger partial charge on any atom is 0.360 e. The van der Waals surface area contributed by atoms with Crippen LogP contribution < -0.4 is 0 Å². The van der Waals surface area contributed by atoms with Crippen LogP contribution in [0.4, 0.5) is 0 Å². The van der Waals surface area contributed by atoms with Gasteiger partial charge in [-0.3, -0.25) is 0 Å². The van der Waals surface area contributed by atoms with E-state index in [0.717, 1.165) is 31.6 Å². The third-order valence-electron chi connectivity index (χ3n) is 4.28. The molecule has 2 fully saturated rings. The quantitative estimate of drug-likeness (QED) is 0.782. The van der Waals surface area contributed by atoms with Crippen molar-refractivity contribution in [2.24, 2.45) is 0 Å². The van der Waals surface area contributed by atoms with Crippen molar-refractivity contribution < 1.29 is 19.0 Å². The van der Waals surface area contributed by atoms with Gasteiger partial charge in [0, 0.05) is 26.1 Å². The highest BCUT2D eigenvalue weighted by atomic mass is 16.6. The summed E-state index contributed by atoms with van der Waals surface area (Å²) in [6.07, 6.45) is 2.63. The van der Waals surface area contributed by atoms with Gasteiger partial charge < -0.3 is 14.2 Å². The number of nitrogens with zero attached hydrogens (tertiary/aromatic N) is 3. The highest BCUT2D eigenvalue weighted by Crippen LogP contribution is 2.38. The van der Waals surface area contributed by atoms with E-state index in [1.54, 1.807) is 6.92 Å². The van der Waals surface area contributed by atoms with Crippen molar-refractivity contribution in [2.75, 3.05) is 26.4 Å². The van der Waals surface area contributed by atoms with E-state index >= 15 is 0 Å².